The van der Waals surface area contributed by atoms with Crippen LogP contribution in [0.3, 0.4) is 0 Å². The molecule has 0 radical (unpaired) electrons. The van der Waals surface area contributed by atoms with Gasteiger partial charge in [-0.15, -0.1) is 0 Å². The van der Waals surface area contributed by atoms with Gasteiger partial charge in [-0.1, -0.05) is 23.7 Å². The fourth-order valence-corrected chi connectivity index (χ4v) is 2.45. The normalized spacial score (nSPS) is 15.2. The van der Waals surface area contributed by atoms with Crippen molar-refractivity contribution in [1.29, 1.82) is 0 Å². The molecule has 6 heteroatoms. The summed E-state index contributed by atoms with van der Waals surface area (Å²) in [4.78, 5) is 10.8. The lowest BCUT2D eigenvalue weighted by atomic mass is 10.1. The van der Waals surface area contributed by atoms with Crippen molar-refractivity contribution in [2.45, 2.75) is 6.04 Å². The number of nitrogen functional groups attached to an aromatic ring is 1. The predicted octanol–water partition coefficient (Wildman–Crippen LogP) is 1.79. The molecule has 1 aliphatic rings. The van der Waals surface area contributed by atoms with Gasteiger partial charge in [0.2, 0.25) is 5.95 Å². The summed E-state index contributed by atoms with van der Waals surface area (Å²) in [5.74, 6) is 1.14. The number of nitrogens with two attached hydrogens (primary N) is 1. The summed E-state index contributed by atoms with van der Waals surface area (Å²) in [6.07, 6.45) is 0. The molecular formula is C14H16ClN5. The van der Waals surface area contributed by atoms with Crippen molar-refractivity contribution in [3.05, 3.63) is 35.4 Å². The molecule has 5 nitrogen and oxygen atoms in total. The molecule has 1 saturated heterocycles. The molecular weight excluding hydrogens is 274 g/mol. The summed E-state index contributed by atoms with van der Waals surface area (Å²) < 4.78 is 0. The summed E-state index contributed by atoms with van der Waals surface area (Å²) in [5.41, 5.74) is 7.56. The number of hydrogen-bond acceptors (Lipinski definition) is 5. The third-order valence-corrected chi connectivity index (χ3v) is 3.70. The van der Waals surface area contributed by atoms with Gasteiger partial charge >= 0.3 is 0 Å². The Morgan fingerprint density at radius 2 is 2.10 bits per heavy atom. The van der Waals surface area contributed by atoms with Crippen molar-refractivity contribution >= 4 is 23.4 Å². The molecule has 0 spiro atoms. The zero-order valence-corrected chi connectivity index (χ0v) is 11.9. The molecule has 1 aliphatic heterocycles. The van der Waals surface area contributed by atoms with Gasteiger partial charge in [-0.2, -0.15) is 4.98 Å². The second-order valence-electron chi connectivity index (χ2n) is 4.87. The molecule has 0 amide bonds. The molecule has 0 aliphatic carbocycles. The van der Waals surface area contributed by atoms with E-state index in [1.165, 1.54) is 0 Å². The first-order valence-electron chi connectivity index (χ1n) is 6.48. The Bertz CT molecular complexity index is 625. The van der Waals surface area contributed by atoms with Gasteiger partial charge in [0.15, 0.2) is 0 Å². The Morgan fingerprint density at radius 1 is 1.30 bits per heavy atom. The number of hydrogen-bond donors (Lipinski definition) is 2. The molecule has 20 heavy (non-hydrogen) atoms. The highest BCUT2D eigenvalue weighted by molar-refractivity contribution is 6.30. The SMILES string of the molecule is CNC1CN(c2cc(-c3cccc(Cl)c3)nc(N)n2)C1. The number of halogens is 1. The van der Waals surface area contributed by atoms with Crippen molar-refractivity contribution in [3.8, 4) is 11.3 Å². The van der Waals surface area contributed by atoms with E-state index in [1.807, 2.05) is 37.4 Å². The lowest BCUT2D eigenvalue weighted by Gasteiger charge is -2.40. The lowest BCUT2D eigenvalue weighted by molar-refractivity contribution is 0.447. The average Bonchev–Trinajstić information content (AvgIpc) is 2.37. The van der Waals surface area contributed by atoms with Crippen molar-refractivity contribution in [2.24, 2.45) is 0 Å². The number of aromatic nitrogens is 2. The van der Waals surface area contributed by atoms with Gasteiger partial charge in [-0.3, -0.25) is 0 Å². The van der Waals surface area contributed by atoms with E-state index in [-0.39, 0.29) is 5.95 Å². The first-order chi connectivity index (χ1) is 9.65. The van der Waals surface area contributed by atoms with Crippen LogP contribution in [0.15, 0.2) is 30.3 Å². The summed E-state index contributed by atoms with van der Waals surface area (Å²) in [6.45, 7) is 1.86. The zero-order valence-electron chi connectivity index (χ0n) is 11.2. The summed E-state index contributed by atoms with van der Waals surface area (Å²) in [5, 5.41) is 3.92. The topological polar surface area (TPSA) is 67.1 Å². The van der Waals surface area contributed by atoms with Crippen molar-refractivity contribution < 1.29 is 0 Å². The number of likely N-dealkylation sites (N-methyl/N-ethyl adjacent to an activating group) is 1. The van der Waals surface area contributed by atoms with E-state index in [1.54, 1.807) is 0 Å². The van der Waals surface area contributed by atoms with Crippen LogP contribution in [0.25, 0.3) is 11.3 Å². The Kier molecular flexibility index (Phi) is 3.46. The summed E-state index contributed by atoms with van der Waals surface area (Å²) >= 11 is 6.02. The minimum absolute atomic E-state index is 0.283. The van der Waals surface area contributed by atoms with Crippen molar-refractivity contribution in [3.63, 3.8) is 0 Å². The maximum Gasteiger partial charge on any atom is 0.222 e. The Labute approximate surface area is 122 Å². The Balaban J connectivity index is 1.91. The number of anilines is 2. The van der Waals surface area contributed by atoms with Crippen LogP contribution < -0.4 is 16.0 Å². The van der Waals surface area contributed by atoms with Crippen LogP contribution in [0, 0.1) is 0 Å². The molecule has 1 aromatic carbocycles. The first-order valence-corrected chi connectivity index (χ1v) is 6.86. The lowest BCUT2D eigenvalue weighted by Crippen LogP contribution is -2.57. The Hall–Kier alpha value is -1.85. The molecule has 1 fully saturated rings. The van der Waals surface area contributed by atoms with Crippen LogP contribution in [0.2, 0.25) is 5.02 Å². The number of nitrogens with zero attached hydrogens (tertiary/aromatic N) is 3. The second kappa shape index (κ2) is 5.26. The van der Waals surface area contributed by atoms with Crippen LogP contribution >= 0.6 is 11.6 Å². The Morgan fingerprint density at radius 3 is 2.80 bits per heavy atom. The number of benzene rings is 1. The standard InChI is InChI=1S/C14H16ClN5/c1-17-11-7-20(8-11)13-6-12(18-14(16)19-13)9-3-2-4-10(15)5-9/h2-6,11,17H,7-8H2,1H3,(H2,16,18,19). The third-order valence-electron chi connectivity index (χ3n) is 3.46. The van der Waals surface area contributed by atoms with E-state index >= 15 is 0 Å². The van der Waals surface area contributed by atoms with Crippen LogP contribution in [-0.2, 0) is 0 Å². The summed E-state index contributed by atoms with van der Waals surface area (Å²) in [6, 6.07) is 10.0. The maximum absolute atomic E-state index is 6.02. The molecule has 0 unspecified atom stereocenters. The predicted molar refractivity (Wildman–Crippen MR) is 82.0 cm³/mol. The van der Waals surface area contributed by atoms with E-state index in [2.05, 4.69) is 20.2 Å². The van der Waals surface area contributed by atoms with Gasteiger partial charge in [0.1, 0.15) is 5.82 Å². The van der Waals surface area contributed by atoms with E-state index < -0.39 is 0 Å². The third kappa shape index (κ3) is 2.55. The van der Waals surface area contributed by atoms with Crippen LogP contribution in [0.5, 0.6) is 0 Å². The van der Waals surface area contributed by atoms with Gasteiger partial charge < -0.3 is 16.0 Å². The molecule has 0 atom stereocenters. The molecule has 0 saturated carbocycles. The first kappa shape index (κ1) is 13.1. The van der Waals surface area contributed by atoms with Crippen LogP contribution in [0.1, 0.15) is 0 Å². The van der Waals surface area contributed by atoms with E-state index in [0.29, 0.717) is 11.1 Å². The smallest absolute Gasteiger partial charge is 0.222 e. The molecule has 3 rings (SSSR count). The van der Waals surface area contributed by atoms with E-state index in [4.69, 9.17) is 17.3 Å². The highest BCUT2D eigenvalue weighted by atomic mass is 35.5. The average molecular weight is 290 g/mol. The molecule has 2 aromatic rings. The number of rotatable bonds is 3. The van der Waals surface area contributed by atoms with Gasteiger partial charge in [0, 0.05) is 35.8 Å². The fourth-order valence-electron chi connectivity index (χ4n) is 2.26. The minimum atomic E-state index is 0.283. The zero-order chi connectivity index (χ0) is 14.1. The molecule has 1 aromatic heterocycles. The van der Waals surface area contributed by atoms with Crippen LogP contribution in [0.4, 0.5) is 11.8 Å². The van der Waals surface area contributed by atoms with Crippen molar-refractivity contribution in [1.82, 2.24) is 15.3 Å². The highest BCUT2D eigenvalue weighted by Crippen LogP contribution is 2.26. The molecule has 2 heterocycles. The van der Waals surface area contributed by atoms with E-state index in [0.717, 1.165) is 30.2 Å². The fraction of sp³-hybridized carbons (Fsp3) is 0.286. The number of nitrogens with one attached hydrogen (secondary N) is 1. The van der Waals surface area contributed by atoms with Crippen molar-refractivity contribution in [2.75, 3.05) is 30.8 Å². The van der Waals surface area contributed by atoms with Gasteiger partial charge in [-0.25, -0.2) is 4.98 Å². The van der Waals surface area contributed by atoms with E-state index in [9.17, 15) is 0 Å². The minimum Gasteiger partial charge on any atom is -0.368 e. The maximum atomic E-state index is 6.02. The van der Waals surface area contributed by atoms with Gasteiger partial charge in [-0.05, 0) is 19.2 Å². The monoisotopic (exact) mass is 289 g/mol. The van der Waals surface area contributed by atoms with Crippen LogP contribution in [-0.4, -0.2) is 36.1 Å². The molecule has 104 valence electrons. The van der Waals surface area contributed by atoms with Gasteiger partial charge in [0.05, 0.1) is 5.69 Å². The van der Waals surface area contributed by atoms with Gasteiger partial charge in [0.25, 0.3) is 0 Å². The quantitative estimate of drug-likeness (QED) is 0.902. The molecule has 0 bridgehead atoms. The second-order valence-corrected chi connectivity index (χ2v) is 5.31. The summed E-state index contributed by atoms with van der Waals surface area (Å²) in [7, 11) is 1.97. The molecule has 3 N–H and O–H groups in total. The largest absolute Gasteiger partial charge is 0.368 e. The highest BCUT2D eigenvalue weighted by Gasteiger charge is 2.26.